The van der Waals surface area contributed by atoms with Crippen molar-refractivity contribution in [2.75, 3.05) is 14.2 Å². The molecular formula is C20H24N2O4. The number of carbonyl (C=O) groups excluding carboxylic acids is 1. The molecule has 0 saturated heterocycles. The first kappa shape index (κ1) is 19.3. The number of rotatable bonds is 7. The third kappa shape index (κ3) is 4.99. The minimum Gasteiger partial charge on any atom is -0.497 e. The molecule has 0 atom stereocenters. The number of nitrogens with one attached hydrogen (secondary N) is 1. The van der Waals surface area contributed by atoms with Crippen LogP contribution in [-0.2, 0) is 0 Å². The minimum atomic E-state index is -0.298. The smallest absolute Gasteiger partial charge is 0.271 e. The van der Waals surface area contributed by atoms with Crippen LogP contribution in [0.3, 0.4) is 0 Å². The summed E-state index contributed by atoms with van der Waals surface area (Å²) < 4.78 is 16.1. The summed E-state index contributed by atoms with van der Waals surface area (Å²) in [4.78, 5) is 12.3. The van der Waals surface area contributed by atoms with Crippen molar-refractivity contribution in [2.24, 2.45) is 5.10 Å². The highest BCUT2D eigenvalue weighted by molar-refractivity contribution is 6.02. The average Bonchev–Trinajstić information content (AvgIpc) is 2.65. The molecule has 0 radical (unpaired) electrons. The van der Waals surface area contributed by atoms with Gasteiger partial charge < -0.3 is 14.2 Å². The van der Waals surface area contributed by atoms with Gasteiger partial charge >= 0.3 is 0 Å². The van der Waals surface area contributed by atoms with E-state index in [0.717, 1.165) is 11.3 Å². The summed E-state index contributed by atoms with van der Waals surface area (Å²) in [7, 11) is 3.16. The maximum absolute atomic E-state index is 12.3. The van der Waals surface area contributed by atoms with Crippen molar-refractivity contribution in [3.63, 3.8) is 0 Å². The Labute approximate surface area is 153 Å². The molecule has 0 aliphatic heterocycles. The van der Waals surface area contributed by atoms with Crippen molar-refractivity contribution < 1.29 is 19.0 Å². The Morgan fingerprint density at radius 3 is 2.23 bits per heavy atom. The number of hydrazone groups is 1. The number of nitrogens with zero attached hydrogens (tertiary/aromatic N) is 1. The number of methoxy groups -OCH3 is 2. The number of benzene rings is 2. The van der Waals surface area contributed by atoms with Gasteiger partial charge in [-0.1, -0.05) is 0 Å². The van der Waals surface area contributed by atoms with Gasteiger partial charge in [0.25, 0.3) is 5.91 Å². The summed E-state index contributed by atoms with van der Waals surface area (Å²) >= 11 is 0. The molecule has 0 unspecified atom stereocenters. The van der Waals surface area contributed by atoms with Crippen LogP contribution in [0.25, 0.3) is 0 Å². The molecule has 1 amide bonds. The third-order valence-electron chi connectivity index (χ3n) is 3.61. The highest BCUT2D eigenvalue weighted by Gasteiger charge is 2.10. The molecule has 2 aromatic rings. The predicted octanol–water partition coefficient (Wildman–Crippen LogP) is 3.65. The van der Waals surface area contributed by atoms with E-state index >= 15 is 0 Å². The average molecular weight is 356 g/mol. The van der Waals surface area contributed by atoms with Gasteiger partial charge in [0.2, 0.25) is 0 Å². The minimum absolute atomic E-state index is 0.0846. The summed E-state index contributed by atoms with van der Waals surface area (Å²) in [6.07, 6.45) is 0.0846. The second-order valence-electron chi connectivity index (χ2n) is 5.90. The summed E-state index contributed by atoms with van der Waals surface area (Å²) in [6.45, 7) is 5.70. The van der Waals surface area contributed by atoms with Gasteiger partial charge in [0.15, 0.2) is 0 Å². The molecule has 26 heavy (non-hydrogen) atoms. The van der Waals surface area contributed by atoms with Crippen molar-refractivity contribution in [1.29, 1.82) is 0 Å². The molecule has 0 fully saturated rings. The fourth-order valence-corrected chi connectivity index (χ4v) is 2.31. The Morgan fingerprint density at radius 2 is 1.65 bits per heavy atom. The van der Waals surface area contributed by atoms with Gasteiger partial charge in [-0.25, -0.2) is 5.43 Å². The number of hydrogen-bond donors (Lipinski definition) is 1. The van der Waals surface area contributed by atoms with Crippen molar-refractivity contribution >= 4 is 11.6 Å². The monoisotopic (exact) mass is 356 g/mol. The first-order valence-corrected chi connectivity index (χ1v) is 8.28. The zero-order chi connectivity index (χ0) is 19.1. The van der Waals surface area contributed by atoms with E-state index in [4.69, 9.17) is 14.2 Å². The van der Waals surface area contributed by atoms with Gasteiger partial charge in [-0.3, -0.25) is 4.79 Å². The van der Waals surface area contributed by atoms with Crippen molar-refractivity contribution in [1.82, 2.24) is 5.43 Å². The van der Waals surface area contributed by atoms with Crippen LogP contribution in [0.4, 0.5) is 0 Å². The van der Waals surface area contributed by atoms with E-state index in [2.05, 4.69) is 10.5 Å². The highest BCUT2D eigenvalue weighted by Crippen LogP contribution is 2.25. The molecule has 6 nitrogen and oxygen atoms in total. The van der Waals surface area contributed by atoms with E-state index in [-0.39, 0.29) is 12.0 Å². The van der Waals surface area contributed by atoms with Gasteiger partial charge in [-0.05, 0) is 57.2 Å². The number of amides is 1. The van der Waals surface area contributed by atoms with Gasteiger partial charge in [0.05, 0.1) is 26.0 Å². The lowest BCUT2D eigenvalue weighted by Gasteiger charge is -2.11. The third-order valence-corrected chi connectivity index (χ3v) is 3.61. The molecular weight excluding hydrogens is 332 g/mol. The molecule has 2 aromatic carbocycles. The molecule has 0 bridgehead atoms. The highest BCUT2D eigenvalue weighted by atomic mass is 16.5. The first-order chi connectivity index (χ1) is 12.4. The number of hydrogen-bond acceptors (Lipinski definition) is 5. The number of ether oxygens (including phenoxy) is 3. The Bertz CT molecular complexity index is 783. The fraction of sp³-hybridized carbons (Fsp3) is 0.300. The van der Waals surface area contributed by atoms with Crippen LogP contribution < -0.4 is 19.6 Å². The second kappa shape index (κ2) is 8.89. The Kier molecular flexibility index (Phi) is 6.60. The van der Waals surface area contributed by atoms with Crippen LogP contribution >= 0.6 is 0 Å². The Morgan fingerprint density at radius 1 is 1.00 bits per heavy atom. The molecule has 1 N–H and O–H groups in total. The molecule has 0 saturated carbocycles. The fourth-order valence-electron chi connectivity index (χ4n) is 2.31. The van der Waals surface area contributed by atoms with E-state index < -0.39 is 0 Å². The van der Waals surface area contributed by atoms with Gasteiger partial charge in [-0.15, -0.1) is 0 Å². The van der Waals surface area contributed by atoms with E-state index in [1.165, 1.54) is 0 Å². The summed E-state index contributed by atoms with van der Waals surface area (Å²) in [5, 5.41) is 4.17. The standard InChI is InChI=1S/C20H24N2O4/c1-13(2)26-16-8-6-15(7-9-16)20(23)22-21-14(3)18-11-10-17(24-4)12-19(18)25-5/h6-13H,1-5H3,(H,22,23)/b21-14-. The van der Waals surface area contributed by atoms with Gasteiger partial charge in [0.1, 0.15) is 17.2 Å². The zero-order valence-corrected chi connectivity index (χ0v) is 15.7. The number of carbonyl (C=O) groups is 1. The molecule has 0 aromatic heterocycles. The van der Waals surface area contributed by atoms with Crippen LogP contribution in [0.1, 0.15) is 36.7 Å². The largest absolute Gasteiger partial charge is 0.497 e. The topological polar surface area (TPSA) is 69.2 Å². The molecule has 2 rings (SSSR count). The van der Waals surface area contributed by atoms with Gasteiger partial charge in [-0.2, -0.15) is 5.10 Å². The Hall–Kier alpha value is -3.02. The van der Waals surface area contributed by atoms with Crippen LogP contribution in [-0.4, -0.2) is 31.9 Å². The summed E-state index contributed by atoms with van der Waals surface area (Å²) in [5.41, 5.74) is 4.45. The van der Waals surface area contributed by atoms with Crippen LogP contribution in [0, 0.1) is 0 Å². The normalized spacial score (nSPS) is 11.2. The molecule has 6 heteroatoms. The van der Waals surface area contributed by atoms with E-state index in [0.29, 0.717) is 22.8 Å². The second-order valence-corrected chi connectivity index (χ2v) is 5.90. The molecule has 0 spiro atoms. The van der Waals surface area contributed by atoms with E-state index in [1.807, 2.05) is 26.0 Å². The first-order valence-electron chi connectivity index (χ1n) is 8.28. The van der Waals surface area contributed by atoms with E-state index in [9.17, 15) is 4.79 Å². The maximum atomic E-state index is 12.3. The van der Waals surface area contributed by atoms with E-state index in [1.54, 1.807) is 51.5 Å². The SMILES string of the molecule is COc1ccc(/C(C)=N\NC(=O)c2ccc(OC(C)C)cc2)c(OC)c1. The van der Waals surface area contributed by atoms with Crippen LogP contribution in [0.2, 0.25) is 0 Å². The lowest BCUT2D eigenvalue weighted by Crippen LogP contribution is -2.19. The van der Waals surface area contributed by atoms with Crippen molar-refractivity contribution in [3.05, 3.63) is 53.6 Å². The van der Waals surface area contributed by atoms with Crippen LogP contribution in [0.15, 0.2) is 47.6 Å². The molecule has 0 aliphatic carbocycles. The molecule has 0 aliphatic rings. The Balaban J connectivity index is 2.09. The zero-order valence-electron chi connectivity index (χ0n) is 15.7. The maximum Gasteiger partial charge on any atom is 0.271 e. The molecule has 138 valence electrons. The lowest BCUT2D eigenvalue weighted by atomic mass is 10.1. The summed E-state index contributed by atoms with van der Waals surface area (Å²) in [5.74, 6) is 1.73. The van der Waals surface area contributed by atoms with Crippen molar-refractivity contribution in [2.45, 2.75) is 26.9 Å². The summed E-state index contributed by atoms with van der Waals surface area (Å²) in [6, 6.07) is 12.3. The van der Waals surface area contributed by atoms with Crippen molar-refractivity contribution in [3.8, 4) is 17.2 Å². The van der Waals surface area contributed by atoms with Gasteiger partial charge in [0, 0.05) is 17.2 Å². The predicted molar refractivity (Wildman–Crippen MR) is 101 cm³/mol. The van der Waals surface area contributed by atoms with Crippen LogP contribution in [0.5, 0.6) is 17.2 Å². The quantitative estimate of drug-likeness (QED) is 0.607. The molecule has 0 heterocycles. The lowest BCUT2D eigenvalue weighted by molar-refractivity contribution is 0.0955.